The number of hydrogen-bond donors (Lipinski definition) is 2. The molecule has 4 bridgehead atoms. The molecule has 6 rings (SSSR count). The fraction of sp³-hybridized carbons (Fsp3) is 0.552. The molecule has 1 atom stereocenters. The SMILES string of the molecule is COc1cc(C(C)NC(=O)CNC(=O)CC23CC4CC(CC(C4)C2)C3)ccc1OCc1ccncc1. The van der Waals surface area contributed by atoms with E-state index in [0.717, 1.165) is 28.9 Å². The van der Waals surface area contributed by atoms with Crippen LogP contribution in [0, 0.1) is 23.2 Å². The van der Waals surface area contributed by atoms with Crippen molar-refractivity contribution < 1.29 is 19.1 Å². The number of nitrogens with one attached hydrogen (secondary N) is 2. The molecule has 2 amide bonds. The van der Waals surface area contributed by atoms with Crippen LogP contribution in [0.1, 0.15) is 69.0 Å². The Hall–Kier alpha value is -3.09. The Balaban J connectivity index is 1.10. The lowest BCUT2D eigenvalue weighted by Gasteiger charge is -2.56. The lowest BCUT2D eigenvalue weighted by Crippen LogP contribution is -2.48. The predicted molar refractivity (Wildman–Crippen MR) is 136 cm³/mol. The van der Waals surface area contributed by atoms with E-state index in [1.807, 2.05) is 37.3 Å². The monoisotopic (exact) mass is 491 g/mol. The number of ether oxygens (including phenoxy) is 2. The zero-order chi connectivity index (χ0) is 25.1. The van der Waals surface area contributed by atoms with Crippen LogP contribution in [0.3, 0.4) is 0 Å². The molecule has 2 N–H and O–H groups in total. The lowest BCUT2D eigenvalue weighted by molar-refractivity contribution is -0.132. The molecule has 1 unspecified atom stereocenters. The summed E-state index contributed by atoms with van der Waals surface area (Å²) < 4.78 is 11.4. The molecule has 0 aliphatic heterocycles. The second-order valence-corrected chi connectivity index (χ2v) is 11.2. The van der Waals surface area contributed by atoms with Crippen molar-refractivity contribution in [3.8, 4) is 11.5 Å². The number of rotatable bonds is 10. The van der Waals surface area contributed by atoms with Gasteiger partial charge in [-0.3, -0.25) is 14.6 Å². The Morgan fingerprint density at radius 1 is 1.00 bits per heavy atom. The second-order valence-electron chi connectivity index (χ2n) is 11.2. The van der Waals surface area contributed by atoms with Gasteiger partial charge in [0.15, 0.2) is 11.5 Å². The molecule has 1 aromatic carbocycles. The normalized spacial score (nSPS) is 26.8. The van der Waals surface area contributed by atoms with Gasteiger partial charge in [0.05, 0.1) is 19.7 Å². The molecule has 192 valence electrons. The zero-order valence-electron chi connectivity index (χ0n) is 21.3. The molecule has 1 heterocycles. The van der Waals surface area contributed by atoms with Crippen LogP contribution in [0.2, 0.25) is 0 Å². The van der Waals surface area contributed by atoms with Crippen LogP contribution < -0.4 is 20.1 Å². The van der Waals surface area contributed by atoms with Crippen LogP contribution in [0.25, 0.3) is 0 Å². The molecule has 4 aliphatic rings. The van der Waals surface area contributed by atoms with E-state index in [-0.39, 0.29) is 29.8 Å². The first-order valence-corrected chi connectivity index (χ1v) is 13.2. The van der Waals surface area contributed by atoms with Gasteiger partial charge in [0.2, 0.25) is 11.8 Å². The maximum atomic E-state index is 12.7. The Labute approximate surface area is 213 Å². The minimum Gasteiger partial charge on any atom is -0.493 e. The van der Waals surface area contributed by atoms with E-state index in [1.54, 1.807) is 19.5 Å². The van der Waals surface area contributed by atoms with Crippen molar-refractivity contribution in [1.82, 2.24) is 15.6 Å². The Kier molecular flexibility index (Phi) is 7.17. The second kappa shape index (κ2) is 10.5. The first kappa shape index (κ1) is 24.6. The highest BCUT2D eigenvalue weighted by molar-refractivity contribution is 5.85. The summed E-state index contributed by atoms with van der Waals surface area (Å²) in [6.07, 6.45) is 11.7. The largest absolute Gasteiger partial charge is 0.493 e. The number of pyridine rings is 1. The van der Waals surface area contributed by atoms with Gasteiger partial charge in [-0.15, -0.1) is 0 Å². The van der Waals surface area contributed by atoms with Gasteiger partial charge in [-0.25, -0.2) is 0 Å². The highest BCUT2D eigenvalue weighted by Gasteiger charge is 2.51. The fourth-order valence-electron chi connectivity index (χ4n) is 7.18. The van der Waals surface area contributed by atoms with Crippen molar-refractivity contribution in [1.29, 1.82) is 0 Å². The van der Waals surface area contributed by atoms with Crippen LogP contribution in [0.5, 0.6) is 11.5 Å². The molecule has 4 fully saturated rings. The minimum atomic E-state index is -0.235. The molecule has 0 spiro atoms. The molecule has 7 nitrogen and oxygen atoms in total. The van der Waals surface area contributed by atoms with Crippen molar-refractivity contribution >= 4 is 11.8 Å². The van der Waals surface area contributed by atoms with Crippen molar-refractivity contribution in [2.24, 2.45) is 23.2 Å². The number of amides is 2. The molecule has 1 aromatic heterocycles. The number of carbonyl (C=O) groups excluding carboxylic acids is 2. The quantitative estimate of drug-likeness (QED) is 0.508. The predicted octanol–water partition coefficient (Wildman–Crippen LogP) is 4.57. The summed E-state index contributed by atoms with van der Waals surface area (Å²) in [4.78, 5) is 29.4. The van der Waals surface area contributed by atoms with Crippen LogP contribution >= 0.6 is 0 Å². The maximum absolute atomic E-state index is 12.7. The van der Waals surface area contributed by atoms with E-state index in [4.69, 9.17) is 9.47 Å². The number of hydrogen-bond acceptors (Lipinski definition) is 5. The first-order valence-electron chi connectivity index (χ1n) is 13.2. The summed E-state index contributed by atoms with van der Waals surface area (Å²) in [6, 6.07) is 9.21. The third-order valence-electron chi connectivity index (χ3n) is 8.36. The molecule has 4 aliphatic carbocycles. The van der Waals surface area contributed by atoms with Crippen LogP contribution in [0.15, 0.2) is 42.7 Å². The molecule has 4 saturated carbocycles. The van der Waals surface area contributed by atoms with E-state index >= 15 is 0 Å². The molecule has 0 saturated heterocycles. The topological polar surface area (TPSA) is 89.6 Å². The van der Waals surface area contributed by atoms with Gasteiger partial charge in [0.25, 0.3) is 0 Å². The number of nitrogens with zero attached hydrogens (tertiary/aromatic N) is 1. The third kappa shape index (κ3) is 5.66. The molecular formula is C29H37N3O4. The van der Waals surface area contributed by atoms with Gasteiger partial charge < -0.3 is 20.1 Å². The molecule has 36 heavy (non-hydrogen) atoms. The fourth-order valence-corrected chi connectivity index (χ4v) is 7.18. The van der Waals surface area contributed by atoms with Crippen molar-refractivity contribution in [3.63, 3.8) is 0 Å². The van der Waals surface area contributed by atoms with Crippen molar-refractivity contribution in [2.75, 3.05) is 13.7 Å². The smallest absolute Gasteiger partial charge is 0.239 e. The van der Waals surface area contributed by atoms with E-state index < -0.39 is 0 Å². The number of aromatic nitrogens is 1. The highest BCUT2D eigenvalue weighted by Crippen LogP contribution is 2.61. The minimum absolute atomic E-state index is 0.000197. The Bertz CT molecular complexity index is 1050. The highest BCUT2D eigenvalue weighted by atomic mass is 16.5. The summed E-state index contributed by atoms with van der Waals surface area (Å²) >= 11 is 0. The summed E-state index contributed by atoms with van der Waals surface area (Å²) in [6.45, 7) is 2.33. The van der Waals surface area contributed by atoms with E-state index in [9.17, 15) is 9.59 Å². The van der Waals surface area contributed by atoms with Gasteiger partial charge in [0.1, 0.15) is 6.61 Å². The molecule has 7 heteroatoms. The number of carbonyl (C=O) groups is 2. The standard InChI is InChI=1S/C29H37N3O4/c1-19(24-3-4-25(26(12-24)35-2)36-18-20-5-7-30-8-6-20)32-28(34)17-31-27(33)16-29-13-21-9-22(14-29)11-23(10-21)15-29/h3-8,12,19,21-23H,9-11,13-18H2,1-2H3,(H,31,33)(H,32,34). The lowest BCUT2D eigenvalue weighted by atomic mass is 9.49. The molecule has 2 aromatic rings. The third-order valence-corrected chi connectivity index (χ3v) is 8.36. The molecule has 0 radical (unpaired) electrons. The van der Waals surface area contributed by atoms with Crippen molar-refractivity contribution in [3.05, 3.63) is 53.9 Å². The van der Waals surface area contributed by atoms with Gasteiger partial charge in [-0.05, 0) is 104 Å². The van der Waals surface area contributed by atoms with Gasteiger partial charge in [-0.1, -0.05) is 6.07 Å². The first-order chi connectivity index (χ1) is 17.4. The van der Waals surface area contributed by atoms with Crippen LogP contribution in [-0.2, 0) is 16.2 Å². The van der Waals surface area contributed by atoms with Crippen molar-refractivity contribution in [2.45, 2.75) is 64.5 Å². The van der Waals surface area contributed by atoms with Gasteiger partial charge in [-0.2, -0.15) is 0 Å². The zero-order valence-corrected chi connectivity index (χ0v) is 21.3. The number of methoxy groups -OCH3 is 1. The van der Waals surface area contributed by atoms with Crippen LogP contribution in [0.4, 0.5) is 0 Å². The van der Waals surface area contributed by atoms with Gasteiger partial charge >= 0.3 is 0 Å². The average Bonchev–Trinajstić information content (AvgIpc) is 2.85. The average molecular weight is 492 g/mol. The summed E-state index contributed by atoms with van der Waals surface area (Å²) in [7, 11) is 1.60. The van der Waals surface area contributed by atoms with E-state index in [2.05, 4.69) is 15.6 Å². The summed E-state index contributed by atoms with van der Waals surface area (Å²) in [5.41, 5.74) is 2.10. The molecular weight excluding hydrogens is 454 g/mol. The summed E-state index contributed by atoms with van der Waals surface area (Å²) in [5.74, 6) is 3.50. The summed E-state index contributed by atoms with van der Waals surface area (Å²) in [5, 5.41) is 5.86. The van der Waals surface area contributed by atoms with Gasteiger partial charge in [0, 0.05) is 18.8 Å². The van der Waals surface area contributed by atoms with E-state index in [0.29, 0.717) is 24.5 Å². The Morgan fingerprint density at radius 3 is 2.31 bits per heavy atom. The van der Waals surface area contributed by atoms with E-state index in [1.165, 1.54) is 38.5 Å². The number of benzene rings is 1. The van der Waals surface area contributed by atoms with Crippen LogP contribution in [-0.4, -0.2) is 30.5 Å². The maximum Gasteiger partial charge on any atom is 0.239 e. The Morgan fingerprint density at radius 2 is 1.67 bits per heavy atom.